The van der Waals surface area contributed by atoms with Crippen molar-refractivity contribution in [1.29, 1.82) is 5.26 Å². The lowest BCUT2D eigenvalue weighted by molar-refractivity contribution is -0.139. The summed E-state index contributed by atoms with van der Waals surface area (Å²) in [6.07, 6.45) is 7.20. The second-order valence-electron chi connectivity index (χ2n) is 9.39. The minimum Gasteiger partial charge on any atom is -0.344 e. The molecule has 0 aliphatic heterocycles. The number of hydrogen-bond acceptors (Lipinski definition) is 5. The second kappa shape index (κ2) is 9.85. The van der Waals surface area contributed by atoms with Crippen molar-refractivity contribution in [3.05, 3.63) is 77.4 Å². The molecule has 2 aliphatic carbocycles. The number of carbonyl (C=O) groups is 3. The van der Waals surface area contributed by atoms with Crippen LogP contribution in [0.25, 0.3) is 11.1 Å². The molecule has 3 aromatic rings. The Hall–Kier alpha value is -4.52. The molecule has 188 valence electrons. The van der Waals surface area contributed by atoms with E-state index in [1.54, 1.807) is 36.5 Å². The first-order valence-corrected chi connectivity index (χ1v) is 12.1. The average molecular weight is 501 g/mol. The third-order valence-electron chi connectivity index (χ3n) is 6.64. The maximum Gasteiger partial charge on any atom is 0.310 e. The van der Waals surface area contributed by atoms with Gasteiger partial charge in [0.05, 0.1) is 23.8 Å². The smallest absolute Gasteiger partial charge is 0.310 e. The first-order valence-electron chi connectivity index (χ1n) is 12.1. The van der Waals surface area contributed by atoms with E-state index < -0.39 is 17.4 Å². The van der Waals surface area contributed by atoms with Crippen LogP contribution in [0.3, 0.4) is 0 Å². The predicted octanol–water partition coefficient (Wildman–Crippen LogP) is 2.70. The number of halogens is 1. The molecule has 2 fully saturated rings. The predicted molar refractivity (Wildman–Crippen MR) is 131 cm³/mol. The van der Waals surface area contributed by atoms with Gasteiger partial charge in [0.15, 0.2) is 0 Å². The van der Waals surface area contributed by atoms with Crippen LogP contribution in [-0.4, -0.2) is 34.0 Å². The minimum absolute atomic E-state index is 0.0511. The Labute approximate surface area is 212 Å². The lowest BCUT2D eigenvalue weighted by atomic mass is 9.98. The molecule has 1 heterocycles. The fourth-order valence-electron chi connectivity index (χ4n) is 4.31. The lowest BCUT2D eigenvalue weighted by Gasteiger charge is -2.20. The van der Waals surface area contributed by atoms with Crippen LogP contribution in [-0.2, 0) is 21.7 Å². The molecule has 2 saturated carbocycles. The molecule has 9 nitrogen and oxygen atoms in total. The third-order valence-corrected chi connectivity index (χ3v) is 6.64. The Bertz CT molecular complexity index is 1420. The molecule has 2 aromatic carbocycles. The van der Waals surface area contributed by atoms with Gasteiger partial charge in [0.25, 0.3) is 5.91 Å². The molecule has 0 atom stereocenters. The number of nitrogens with one attached hydrogen (secondary N) is 3. The van der Waals surface area contributed by atoms with Crippen molar-refractivity contribution in [2.24, 2.45) is 0 Å². The highest BCUT2D eigenvalue weighted by Gasteiger charge is 2.46. The first-order chi connectivity index (χ1) is 17.9. The molecular weight excluding hydrogens is 475 g/mol. The van der Waals surface area contributed by atoms with Gasteiger partial charge >= 0.3 is 11.8 Å². The molecule has 10 heteroatoms. The van der Waals surface area contributed by atoms with Crippen molar-refractivity contribution in [2.75, 3.05) is 6.54 Å². The second-order valence-corrected chi connectivity index (χ2v) is 9.39. The fraction of sp³-hybridized carbons (Fsp3) is 0.296. The van der Waals surface area contributed by atoms with Crippen LogP contribution in [0.1, 0.15) is 53.2 Å². The Kier molecular flexibility index (Phi) is 6.44. The third kappa shape index (κ3) is 5.35. The van der Waals surface area contributed by atoms with Crippen molar-refractivity contribution in [3.8, 4) is 17.2 Å². The monoisotopic (exact) mass is 500 g/mol. The summed E-state index contributed by atoms with van der Waals surface area (Å²) < 4.78 is 16.6. The minimum atomic E-state index is -0.926. The van der Waals surface area contributed by atoms with Crippen LogP contribution >= 0.6 is 0 Å². The molecule has 37 heavy (non-hydrogen) atoms. The maximum atomic E-state index is 14.7. The van der Waals surface area contributed by atoms with Gasteiger partial charge in [-0.25, -0.2) is 4.39 Å². The van der Waals surface area contributed by atoms with Crippen LogP contribution in [0.15, 0.2) is 54.9 Å². The summed E-state index contributed by atoms with van der Waals surface area (Å²) in [5.74, 6) is -2.57. The van der Waals surface area contributed by atoms with Crippen molar-refractivity contribution < 1.29 is 18.8 Å². The van der Waals surface area contributed by atoms with Gasteiger partial charge in [-0.1, -0.05) is 18.2 Å². The van der Waals surface area contributed by atoms with E-state index in [2.05, 4.69) is 21.0 Å². The average Bonchev–Trinajstić information content (AvgIpc) is 3.84. The van der Waals surface area contributed by atoms with Crippen molar-refractivity contribution >= 4 is 17.7 Å². The zero-order valence-electron chi connectivity index (χ0n) is 20.0. The van der Waals surface area contributed by atoms with E-state index in [0.717, 1.165) is 18.4 Å². The Morgan fingerprint density at radius 1 is 1.08 bits per heavy atom. The fourth-order valence-corrected chi connectivity index (χ4v) is 4.31. The molecule has 2 aliphatic rings. The van der Waals surface area contributed by atoms with E-state index in [4.69, 9.17) is 5.26 Å². The van der Waals surface area contributed by atoms with E-state index >= 15 is 0 Å². The van der Waals surface area contributed by atoms with Crippen LogP contribution in [0.4, 0.5) is 4.39 Å². The summed E-state index contributed by atoms with van der Waals surface area (Å²) in [6, 6.07) is 13.7. The Morgan fingerprint density at radius 3 is 2.57 bits per heavy atom. The van der Waals surface area contributed by atoms with Crippen molar-refractivity contribution in [2.45, 2.75) is 43.8 Å². The summed E-state index contributed by atoms with van der Waals surface area (Å²) in [4.78, 5) is 37.0. The van der Waals surface area contributed by atoms with E-state index in [-0.39, 0.29) is 24.8 Å². The molecule has 0 unspecified atom stereocenters. The molecule has 0 saturated heterocycles. The first kappa shape index (κ1) is 24.2. The SMILES string of the molecule is N#CCNC(=O)C(=O)NCc1ccccc1C(=O)NC1(c2cc(F)cc(-c3cnn(C4CC4)c3)c2)CC1. The van der Waals surface area contributed by atoms with Crippen molar-refractivity contribution in [3.63, 3.8) is 0 Å². The number of amides is 3. The number of carbonyl (C=O) groups excluding carboxylic acids is 3. The van der Waals surface area contributed by atoms with Gasteiger partial charge in [0.1, 0.15) is 12.4 Å². The zero-order valence-corrected chi connectivity index (χ0v) is 20.0. The van der Waals surface area contributed by atoms with Gasteiger partial charge < -0.3 is 16.0 Å². The van der Waals surface area contributed by atoms with Gasteiger partial charge in [0.2, 0.25) is 0 Å². The van der Waals surface area contributed by atoms with Crippen molar-refractivity contribution in [1.82, 2.24) is 25.7 Å². The summed E-state index contributed by atoms with van der Waals surface area (Å²) >= 11 is 0. The lowest BCUT2D eigenvalue weighted by Crippen LogP contribution is -2.40. The van der Waals surface area contributed by atoms with Crippen LogP contribution in [0, 0.1) is 17.1 Å². The van der Waals surface area contributed by atoms with E-state index in [1.165, 1.54) is 12.1 Å². The van der Waals surface area contributed by atoms with Gasteiger partial charge in [-0.15, -0.1) is 0 Å². The maximum absolute atomic E-state index is 14.7. The van der Waals surface area contributed by atoms with Gasteiger partial charge in [0, 0.05) is 23.9 Å². The molecule has 5 rings (SSSR count). The number of nitrogens with zero attached hydrogens (tertiary/aromatic N) is 3. The molecule has 3 N–H and O–H groups in total. The Morgan fingerprint density at radius 2 is 1.84 bits per heavy atom. The standard InChI is InChI=1S/C27H25FN6O3/c28-21-12-18(19-15-32-34(16-19)22-5-6-22)11-20(13-21)27(7-8-27)33-24(35)23-4-2-1-3-17(23)14-31-26(37)25(36)30-10-9-29/h1-4,11-13,15-16,22H,5-8,10,14H2,(H,30,36)(H,31,37)(H,33,35). The zero-order chi connectivity index (χ0) is 26.0. The topological polar surface area (TPSA) is 129 Å². The number of rotatable bonds is 8. The van der Waals surface area contributed by atoms with Gasteiger partial charge in [-0.3, -0.25) is 19.1 Å². The van der Waals surface area contributed by atoms with E-state index in [9.17, 15) is 18.8 Å². The largest absolute Gasteiger partial charge is 0.344 e. The quantitative estimate of drug-likeness (QED) is 0.324. The van der Waals surface area contributed by atoms with E-state index in [1.807, 2.05) is 16.9 Å². The molecule has 3 amide bonds. The van der Waals surface area contributed by atoms with Gasteiger partial charge in [-0.05, 0) is 66.6 Å². The number of hydrogen-bond donors (Lipinski definition) is 3. The summed E-state index contributed by atoms with van der Waals surface area (Å²) in [5.41, 5.74) is 2.40. The molecule has 0 bridgehead atoms. The summed E-state index contributed by atoms with van der Waals surface area (Å²) in [5, 5.41) is 20.6. The van der Waals surface area contributed by atoms with Crippen LogP contribution in [0.2, 0.25) is 0 Å². The molecule has 0 radical (unpaired) electrons. The highest BCUT2D eigenvalue weighted by atomic mass is 19.1. The molecule has 1 aromatic heterocycles. The number of nitriles is 1. The Balaban J connectivity index is 1.31. The molecular formula is C27H25FN6O3. The number of aromatic nitrogens is 2. The van der Waals surface area contributed by atoms with E-state index in [0.29, 0.717) is 41.1 Å². The number of benzene rings is 2. The summed E-state index contributed by atoms with van der Waals surface area (Å²) in [6.45, 7) is -0.331. The van der Waals surface area contributed by atoms with Crippen LogP contribution in [0.5, 0.6) is 0 Å². The normalized spacial score (nSPS) is 15.4. The highest BCUT2D eigenvalue weighted by molar-refractivity contribution is 6.35. The summed E-state index contributed by atoms with van der Waals surface area (Å²) in [7, 11) is 0. The van der Waals surface area contributed by atoms with Crippen LogP contribution < -0.4 is 16.0 Å². The molecule has 0 spiro atoms. The van der Waals surface area contributed by atoms with Gasteiger partial charge in [-0.2, -0.15) is 10.4 Å². The highest BCUT2D eigenvalue weighted by Crippen LogP contribution is 2.47.